The zero-order valence-electron chi connectivity index (χ0n) is 18.2. The average molecular weight is 501 g/mol. The number of hydrogen-bond donors (Lipinski definition) is 1. The van der Waals surface area contributed by atoms with Crippen LogP contribution in [-0.4, -0.2) is 43.5 Å². The Morgan fingerprint density at radius 1 is 1.06 bits per heavy atom. The van der Waals surface area contributed by atoms with Crippen molar-refractivity contribution in [2.45, 2.75) is 38.0 Å². The lowest BCUT2D eigenvalue weighted by molar-refractivity contribution is -0.121. The average Bonchev–Trinajstić information content (AvgIpc) is 3.04. The molecule has 0 aliphatic carbocycles. The molecule has 0 spiro atoms. The smallest absolute Gasteiger partial charge is 0.235 e. The zero-order chi connectivity index (χ0) is 22.0. The van der Waals surface area contributed by atoms with Crippen LogP contribution in [0.3, 0.4) is 0 Å². The summed E-state index contributed by atoms with van der Waals surface area (Å²) in [6.07, 6.45) is 3.51. The summed E-state index contributed by atoms with van der Waals surface area (Å²) in [5.41, 5.74) is 2.18. The second kappa shape index (κ2) is 10.6. The third-order valence-corrected chi connectivity index (χ3v) is 7.26. The topological polar surface area (TPSA) is 35.6 Å². The third-order valence-electron chi connectivity index (χ3n) is 6.74. The molecule has 0 saturated carbocycles. The molecule has 174 valence electrons. The number of fused-ring (bicyclic) bond motifs is 1. The van der Waals surface area contributed by atoms with E-state index in [0.717, 1.165) is 75.3 Å². The molecule has 1 atom stereocenters. The van der Waals surface area contributed by atoms with E-state index in [1.54, 1.807) is 6.07 Å². The highest BCUT2D eigenvalue weighted by Crippen LogP contribution is 2.47. The van der Waals surface area contributed by atoms with Gasteiger partial charge >= 0.3 is 0 Å². The van der Waals surface area contributed by atoms with E-state index in [1.807, 2.05) is 18.2 Å². The minimum absolute atomic E-state index is 0. The van der Waals surface area contributed by atoms with Crippen molar-refractivity contribution in [3.05, 3.63) is 57.8 Å². The molecule has 0 aromatic heterocycles. The fourth-order valence-electron chi connectivity index (χ4n) is 4.85. The van der Waals surface area contributed by atoms with E-state index in [-0.39, 0.29) is 24.1 Å². The van der Waals surface area contributed by atoms with E-state index in [2.05, 4.69) is 22.0 Å². The lowest BCUT2D eigenvalue weighted by Crippen LogP contribution is -2.46. The minimum Gasteiger partial charge on any atom is -0.369 e. The van der Waals surface area contributed by atoms with Crippen LogP contribution in [0, 0.1) is 5.82 Å². The number of amides is 1. The molecule has 1 amide bonds. The summed E-state index contributed by atoms with van der Waals surface area (Å²) in [4.78, 5) is 17.7. The van der Waals surface area contributed by atoms with Gasteiger partial charge in [0.15, 0.2) is 0 Å². The Hall–Kier alpha value is -1.53. The lowest BCUT2D eigenvalue weighted by Gasteiger charge is -2.36. The van der Waals surface area contributed by atoms with Gasteiger partial charge in [-0.15, -0.1) is 12.4 Å². The number of halogens is 4. The second-order valence-corrected chi connectivity index (χ2v) is 9.31. The summed E-state index contributed by atoms with van der Waals surface area (Å²) in [6, 6.07) is 10.3. The Morgan fingerprint density at radius 2 is 1.75 bits per heavy atom. The number of anilines is 2. The van der Waals surface area contributed by atoms with Gasteiger partial charge in [0, 0.05) is 36.9 Å². The number of piperazine rings is 1. The van der Waals surface area contributed by atoms with E-state index in [4.69, 9.17) is 23.2 Å². The number of nitrogens with zero attached hydrogens (tertiary/aromatic N) is 2. The molecule has 32 heavy (non-hydrogen) atoms. The predicted molar refractivity (Wildman–Crippen MR) is 133 cm³/mol. The van der Waals surface area contributed by atoms with Gasteiger partial charge in [0.2, 0.25) is 5.91 Å². The van der Waals surface area contributed by atoms with Crippen molar-refractivity contribution in [1.82, 2.24) is 4.90 Å². The summed E-state index contributed by atoms with van der Waals surface area (Å²) in [5.74, 6) is -0.169. The zero-order valence-corrected chi connectivity index (χ0v) is 20.5. The monoisotopic (exact) mass is 499 g/mol. The maximum Gasteiger partial charge on any atom is 0.235 e. The van der Waals surface area contributed by atoms with Gasteiger partial charge < -0.3 is 10.2 Å². The molecule has 1 N–H and O–H groups in total. The maximum absolute atomic E-state index is 13.1. The SMILES string of the molecule is CCC1(CCCCN2CCN(c3ccc(F)cc3)CC2)C(=O)Nc2c(Cl)cc(Cl)cc21.Cl. The number of hydrogen-bond acceptors (Lipinski definition) is 3. The van der Waals surface area contributed by atoms with Crippen LogP contribution >= 0.6 is 35.6 Å². The Kier molecular flexibility index (Phi) is 8.31. The summed E-state index contributed by atoms with van der Waals surface area (Å²) in [7, 11) is 0. The molecule has 4 rings (SSSR count). The second-order valence-electron chi connectivity index (χ2n) is 8.46. The molecule has 2 aromatic rings. The Labute approximate surface area is 205 Å². The minimum atomic E-state index is -0.550. The highest BCUT2D eigenvalue weighted by atomic mass is 35.5. The molecule has 1 unspecified atom stereocenters. The van der Waals surface area contributed by atoms with E-state index >= 15 is 0 Å². The molecule has 0 bridgehead atoms. The van der Waals surface area contributed by atoms with Crippen LogP contribution in [0.4, 0.5) is 15.8 Å². The van der Waals surface area contributed by atoms with E-state index in [0.29, 0.717) is 10.0 Å². The molecule has 1 fully saturated rings. The summed E-state index contributed by atoms with van der Waals surface area (Å²) in [5, 5.41) is 4.05. The van der Waals surface area contributed by atoms with Gasteiger partial charge in [-0.25, -0.2) is 4.39 Å². The Balaban J connectivity index is 0.00000289. The first-order chi connectivity index (χ1) is 14.9. The van der Waals surface area contributed by atoms with Crippen LogP contribution in [0.25, 0.3) is 0 Å². The number of benzene rings is 2. The maximum atomic E-state index is 13.1. The molecule has 8 heteroatoms. The van der Waals surface area contributed by atoms with Gasteiger partial charge in [-0.3, -0.25) is 9.69 Å². The molecule has 4 nitrogen and oxygen atoms in total. The van der Waals surface area contributed by atoms with Gasteiger partial charge in [0.1, 0.15) is 5.82 Å². The highest BCUT2D eigenvalue weighted by Gasteiger charge is 2.45. The van der Waals surface area contributed by atoms with Crippen LogP contribution < -0.4 is 10.2 Å². The van der Waals surface area contributed by atoms with Crippen LogP contribution in [0.15, 0.2) is 36.4 Å². The predicted octanol–water partition coefficient (Wildman–Crippen LogP) is 6.15. The van der Waals surface area contributed by atoms with E-state index in [1.165, 1.54) is 12.1 Å². The first kappa shape index (κ1) is 25.1. The number of unbranched alkanes of at least 4 members (excludes halogenated alkanes) is 1. The fraction of sp³-hybridized carbons (Fsp3) is 0.458. The standard InChI is InChI=1S/C24H28Cl2FN3O.ClH/c1-2-24(20-15-17(25)16-21(26)22(20)28-23(24)31)9-3-4-10-29-11-13-30(14-12-29)19-7-5-18(27)6-8-19;/h5-8,15-16H,2-4,9-14H2,1H3,(H,28,31);1H. The van der Waals surface area contributed by atoms with Gasteiger partial charge in [-0.1, -0.05) is 36.5 Å². The van der Waals surface area contributed by atoms with Gasteiger partial charge in [0.25, 0.3) is 0 Å². The van der Waals surface area contributed by atoms with Gasteiger partial charge in [-0.05, 0) is 67.8 Å². The fourth-order valence-corrected chi connectivity index (χ4v) is 5.39. The number of rotatable bonds is 7. The molecule has 2 aliphatic heterocycles. The first-order valence-electron chi connectivity index (χ1n) is 11.0. The molecule has 2 aromatic carbocycles. The van der Waals surface area contributed by atoms with Crippen molar-refractivity contribution in [3.63, 3.8) is 0 Å². The molecular formula is C24H29Cl3FN3O. The summed E-state index contributed by atoms with van der Waals surface area (Å²) < 4.78 is 13.1. The highest BCUT2D eigenvalue weighted by molar-refractivity contribution is 6.37. The van der Waals surface area contributed by atoms with Crippen molar-refractivity contribution < 1.29 is 9.18 Å². The molecule has 2 heterocycles. The van der Waals surface area contributed by atoms with Gasteiger partial charge in [0.05, 0.1) is 16.1 Å². The molecular weight excluding hydrogens is 472 g/mol. The lowest BCUT2D eigenvalue weighted by atomic mass is 9.75. The van der Waals surface area contributed by atoms with Gasteiger partial charge in [-0.2, -0.15) is 0 Å². The van der Waals surface area contributed by atoms with Crippen LogP contribution in [0.5, 0.6) is 0 Å². The third kappa shape index (κ3) is 5.01. The number of carbonyl (C=O) groups is 1. The molecule has 2 aliphatic rings. The Bertz CT molecular complexity index is 948. The molecule has 0 radical (unpaired) electrons. The van der Waals surface area contributed by atoms with Crippen molar-refractivity contribution in [2.24, 2.45) is 0 Å². The van der Waals surface area contributed by atoms with Crippen LogP contribution in [-0.2, 0) is 10.2 Å². The quantitative estimate of drug-likeness (QED) is 0.463. The normalized spacial score (nSPS) is 20.6. The number of nitrogens with one attached hydrogen (secondary N) is 1. The Morgan fingerprint density at radius 3 is 2.41 bits per heavy atom. The largest absolute Gasteiger partial charge is 0.369 e. The number of carbonyl (C=O) groups excluding carboxylic acids is 1. The first-order valence-corrected chi connectivity index (χ1v) is 11.7. The van der Waals surface area contributed by atoms with Crippen LogP contribution in [0.2, 0.25) is 10.0 Å². The van der Waals surface area contributed by atoms with Crippen molar-refractivity contribution in [1.29, 1.82) is 0 Å². The van der Waals surface area contributed by atoms with Crippen molar-refractivity contribution in [2.75, 3.05) is 42.9 Å². The molecule has 1 saturated heterocycles. The van der Waals surface area contributed by atoms with Crippen LogP contribution in [0.1, 0.15) is 38.2 Å². The summed E-state index contributed by atoms with van der Waals surface area (Å²) >= 11 is 12.6. The van der Waals surface area contributed by atoms with E-state index < -0.39 is 5.41 Å². The summed E-state index contributed by atoms with van der Waals surface area (Å²) in [6.45, 7) is 6.93. The van der Waals surface area contributed by atoms with E-state index in [9.17, 15) is 9.18 Å². The van der Waals surface area contributed by atoms with Crippen molar-refractivity contribution >= 4 is 52.9 Å². The van der Waals surface area contributed by atoms with Crippen molar-refractivity contribution in [3.8, 4) is 0 Å².